The number of sulfonamides is 1. The predicted molar refractivity (Wildman–Crippen MR) is 97.3 cm³/mol. The Bertz CT molecular complexity index is 696. The summed E-state index contributed by atoms with van der Waals surface area (Å²) in [5.74, 6) is -0.328. The normalized spacial score (nSPS) is 14.5. The van der Waals surface area contributed by atoms with Gasteiger partial charge in [-0.15, -0.1) is 0 Å². The van der Waals surface area contributed by atoms with Gasteiger partial charge < -0.3 is 10.1 Å². The molecule has 24 heavy (non-hydrogen) atoms. The molecule has 0 unspecified atom stereocenters. The van der Waals surface area contributed by atoms with Crippen LogP contribution in [0.1, 0.15) is 32.8 Å². The van der Waals surface area contributed by atoms with Crippen molar-refractivity contribution in [3.8, 4) is 0 Å². The Hall–Kier alpha value is -1.86. The van der Waals surface area contributed by atoms with Crippen molar-refractivity contribution in [1.29, 1.82) is 0 Å². The highest BCUT2D eigenvalue weighted by molar-refractivity contribution is 7.92. The smallest absolute Gasteiger partial charge is 0.335 e. The zero-order valence-corrected chi connectivity index (χ0v) is 15.5. The van der Waals surface area contributed by atoms with Crippen LogP contribution >= 0.6 is 0 Å². The first-order valence-electron chi connectivity index (χ1n) is 8.09. The first-order chi connectivity index (χ1) is 11.4. The average Bonchev–Trinajstić information content (AvgIpc) is 2.55. The first kappa shape index (κ1) is 20.2. The number of nitrogens with one attached hydrogen (secondary N) is 2. The summed E-state index contributed by atoms with van der Waals surface area (Å²) in [5, 5.41) is 3.16. The third-order valence-electron chi connectivity index (χ3n) is 3.25. The maximum Gasteiger partial charge on any atom is 0.335 e. The van der Waals surface area contributed by atoms with Crippen molar-refractivity contribution in [3.63, 3.8) is 0 Å². The number of ether oxygens (including phenoxy) is 1. The molecule has 0 spiro atoms. The van der Waals surface area contributed by atoms with Gasteiger partial charge in [0.2, 0.25) is 10.0 Å². The minimum atomic E-state index is -3.33. The van der Waals surface area contributed by atoms with Gasteiger partial charge in [0.15, 0.2) is 0 Å². The molecular weight excluding hydrogens is 328 g/mol. The van der Waals surface area contributed by atoms with Crippen molar-refractivity contribution in [1.82, 2.24) is 5.32 Å². The number of rotatable bonds is 5. The van der Waals surface area contributed by atoms with E-state index in [1.165, 1.54) is 0 Å². The van der Waals surface area contributed by atoms with E-state index in [0.717, 1.165) is 23.9 Å². The molecule has 2 rings (SSSR count). The number of carbonyl (C=O) groups excluding carboxylic acids is 1. The Balaban J connectivity index is 0.00000139. The van der Waals surface area contributed by atoms with E-state index >= 15 is 0 Å². The number of anilines is 1. The van der Waals surface area contributed by atoms with Crippen molar-refractivity contribution in [2.45, 2.75) is 27.2 Å². The van der Waals surface area contributed by atoms with E-state index in [2.05, 4.69) is 10.0 Å². The molecule has 1 heterocycles. The molecule has 7 heteroatoms. The Morgan fingerprint density at radius 2 is 2.04 bits per heavy atom. The van der Waals surface area contributed by atoms with Crippen molar-refractivity contribution in [2.24, 2.45) is 0 Å². The molecule has 2 N–H and O–H groups in total. The number of hydrogen-bond acceptors (Lipinski definition) is 5. The topological polar surface area (TPSA) is 84.5 Å². The standard InChI is InChI=1S/C15H20N2O4S.C2H6/c1-3-21-15(18)14-10-16-8-7-13(14)11-5-4-6-12(9-11)17-22(2,19)20;1-2/h4-6,9,16-17H,3,7-8,10H2,1-2H3;1-2H3. The van der Waals surface area contributed by atoms with Crippen molar-refractivity contribution < 1.29 is 17.9 Å². The lowest BCUT2D eigenvalue weighted by Crippen LogP contribution is -2.29. The largest absolute Gasteiger partial charge is 0.463 e. The molecule has 0 fully saturated rings. The third kappa shape index (κ3) is 5.98. The number of benzene rings is 1. The summed E-state index contributed by atoms with van der Waals surface area (Å²) in [7, 11) is -3.33. The maximum atomic E-state index is 12.1. The van der Waals surface area contributed by atoms with Crippen LogP contribution < -0.4 is 10.0 Å². The summed E-state index contributed by atoms with van der Waals surface area (Å²) in [4.78, 5) is 12.1. The lowest BCUT2D eigenvalue weighted by molar-refractivity contribution is -0.138. The van der Waals surface area contributed by atoms with Gasteiger partial charge in [-0.1, -0.05) is 26.0 Å². The lowest BCUT2D eigenvalue weighted by Gasteiger charge is -2.21. The Labute approximate surface area is 144 Å². The van der Waals surface area contributed by atoms with Crippen LogP contribution in [-0.4, -0.2) is 40.3 Å². The third-order valence-corrected chi connectivity index (χ3v) is 3.86. The summed E-state index contributed by atoms with van der Waals surface area (Å²) >= 11 is 0. The average molecular weight is 354 g/mol. The van der Waals surface area contributed by atoms with Gasteiger partial charge in [0.25, 0.3) is 0 Å². The first-order valence-corrected chi connectivity index (χ1v) is 9.98. The lowest BCUT2D eigenvalue weighted by atomic mass is 9.94. The number of carbonyl (C=O) groups is 1. The minimum Gasteiger partial charge on any atom is -0.463 e. The molecule has 0 saturated carbocycles. The van der Waals surface area contributed by atoms with Crippen LogP contribution in [0.15, 0.2) is 29.8 Å². The van der Waals surface area contributed by atoms with Crippen LogP contribution in [0.4, 0.5) is 5.69 Å². The molecule has 6 nitrogen and oxygen atoms in total. The summed E-state index contributed by atoms with van der Waals surface area (Å²) in [6, 6.07) is 7.05. The van der Waals surface area contributed by atoms with E-state index in [4.69, 9.17) is 4.74 Å². The summed E-state index contributed by atoms with van der Waals surface area (Å²) in [5.41, 5.74) is 2.81. The molecule has 1 aromatic carbocycles. The van der Waals surface area contributed by atoms with Crippen LogP contribution in [0.5, 0.6) is 0 Å². The Morgan fingerprint density at radius 3 is 2.67 bits per heavy atom. The highest BCUT2D eigenvalue weighted by Gasteiger charge is 2.21. The fourth-order valence-corrected chi connectivity index (χ4v) is 2.96. The monoisotopic (exact) mass is 354 g/mol. The fourth-order valence-electron chi connectivity index (χ4n) is 2.40. The van der Waals surface area contributed by atoms with E-state index in [1.54, 1.807) is 25.1 Å². The second kappa shape index (κ2) is 9.44. The van der Waals surface area contributed by atoms with Gasteiger partial charge in [-0.2, -0.15) is 0 Å². The highest BCUT2D eigenvalue weighted by atomic mass is 32.2. The molecule has 1 aromatic rings. The van der Waals surface area contributed by atoms with Gasteiger partial charge >= 0.3 is 5.97 Å². The van der Waals surface area contributed by atoms with Gasteiger partial charge in [-0.3, -0.25) is 4.72 Å². The van der Waals surface area contributed by atoms with E-state index in [0.29, 0.717) is 30.8 Å². The van der Waals surface area contributed by atoms with E-state index in [-0.39, 0.29) is 5.97 Å². The van der Waals surface area contributed by atoms with Crippen molar-refractivity contribution >= 4 is 27.3 Å². The maximum absolute atomic E-state index is 12.1. The minimum absolute atomic E-state index is 0.325. The molecule has 0 aromatic heterocycles. The van der Waals surface area contributed by atoms with Crippen LogP contribution in [0, 0.1) is 0 Å². The molecule has 0 aliphatic carbocycles. The van der Waals surface area contributed by atoms with Gasteiger partial charge in [-0.25, -0.2) is 13.2 Å². The van der Waals surface area contributed by atoms with Crippen LogP contribution in [0.25, 0.3) is 5.57 Å². The fraction of sp³-hybridized carbons (Fsp3) is 0.471. The number of hydrogen-bond donors (Lipinski definition) is 2. The molecule has 0 atom stereocenters. The van der Waals surface area contributed by atoms with Crippen molar-refractivity contribution in [2.75, 3.05) is 30.7 Å². The summed E-state index contributed by atoms with van der Waals surface area (Å²) in [6.07, 6.45) is 1.80. The van der Waals surface area contributed by atoms with E-state index in [1.807, 2.05) is 19.9 Å². The van der Waals surface area contributed by atoms with E-state index in [9.17, 15) is 13.2 Å². The highest BCUT2D eigenvalue weighted by Crippen LogP contribution is 2.27. The van der Waals surface area contributed by atoms with Gasteiger partial charge in [0, 0.05) is 12.2 Å². The molecule has 0 bridgehead atoms. The zero-order valence-electron chi connectivity index (χ0n) is 14.7. The second-order valence-electron chi connectivity index (χ2n) is 5.06. The number of esters is 1. The second-order valence-corrected chi connectivity index (χ2v) is 6.81. The van der Waals surface area contributed by atoms with Gasteiger partial charge in [-0.05, 0) is 43.2 Å². The Morgan fingerprint density at radius 1 is 1.33 bits per heavy atom. The molecule has 1 aliphatic rings. The predicted octanol–water partition coefficient (Wildman–Crippen LogP) is 2.39. The zero-order chi connectivity index (χ0) is 18.2. The molecular formula is C17H26N2O4S. The van der Waals surface area contributed by atoms with Gasteiger partial charge in [0.05, 0.1) is 18.4 Å². The van der Waals surface area contributed by atoms with E-state index < -0.39 is 10.0 Å². The van der Waals surface area contributed by atoms with Crippen LogP contribution in [0.2, 0.25) is 0 Å². The molecule has 0 amide bonds. The van der Waals surface area contributed by atoms with Crippen molar-refractivity contribution in [3.05, 3.63) is 35.4 Å². The van der Waals surface area contributed by atoms with Crippen LogP contribution in [0.3, 0.4) is 0 Å². The molecule has 1 aliphatic heterocycles. The summed E-state index contributed by atoms with van der Waals surface area (Å²) in [6.45, 7) is 7.32. The Kier molecular flexibility index (Phi) is 7.94. The molecule has 134 valence electrons. The van der Waals surface area contributed by atoms with Crippen LogP contribution in [-0.2, 0) is 19.6 Å². The molecule has 0 saturated heterocycles. The quantitative estimate of drug-likeness (QED) is 0.793. The molecule has 0 radical (unpaired) electrons. The SMILES string of the molecule is CC.CCOC(=O)C1=C(c2cccc(NS(C)(=O)=O)c2)CCNC1. The van der Waals surface area contributed by atoms with Gasteiger partial charge in [0.1, 0.15) is 0 Å². The summed E-state index contributed by atoms with van der Waals surface area (Å²) < 4.78 is 30.2.